The summed E-state index contributed by atoms with van der Waals surface area (Å²) in [6.45, 7) is 2.55. The Kier molecular flexibility index (Phi) is 6.21. The molecule has 5 rings (SSSR count). The summed E-state index contributed by atoms with van der Waals surface area (Å²) in [5.74, 6) is 0.701. The van der Waals surface area contributed by atoms with Crippen LogP contribution in [0.25, 0.3) is 17.2 Å². The molecule has 168 valence electrons. The first-order valence-electron chi connectivity index (χ1n) is 11.5. The standard InChI is InChI=1S/C30H26N2O2/c1-21-5-9-23(10-6-21)24-11-14-29-26(19-24)20-25(15-17-34-29)30(33)32-27-12-7-22(8-13-27)18-28-4-2-3-16-31-28/h2-14,16,19-20H,15,17-18H2,1H3,(H,32,33). The first-order valence-corrected chi connectivity index (χ1v) is 11.5. The normalized spacial score (nSPS) is 12.7. The minimum atomic E-state index is -0.102. The molecule has 4 nitrogen and oxygen atoms in total. The van der Waals surface area contributed by atoms with Crippen LogP contribution < -0.4 is 10.1 Å². The summed E-state index contributed by atoms with van der Waals surface area (Å²) >= 11 is 0. The van der Waals surface area contributed by atoms with Gasteiger partial charge in [-0.05, 0) is 66.1 Å². The molecule has 0 fully saturated rings. The largest absolute Gasteiger partial charge is 0.493 e. The number of benzene rings is 3. The summed E-state index contributed by atoms with van der Waals surface area (Å²) in [6, 6.07) is 28.4. The minimum absolute atomic E-state index is 0.102. The fourth-order valence-corrected chi connectivity index (χ4v) is 4.06. The Morgan fingerprint density at radius 2 is 1.74 bits per heavy atom. The van der Waals surface area contributed by atoms with Crippen LogP contribution in [0.2, 0.25) is 0 Å². The molecule has 34 heavy (non-hydrogen) atoms. The van der Waals surface area contributed by atoms with Gasteiger partial charge in [-0.2, -0.15) is 0 Å². The third-order valence-corrected chi connectivity index (χ3v) is 5.97. The van der Waals surface area contributed by atoms with Crippen molar-refractivity contribution in [2.24, 2.45) is 0 Å². The molecular weight excluding hydrogens is 420 g/mol. The summed E-state index contributed by atoms with van der Waals surface area (Å²) in [7, 11) is 0. The second-order valence-electron chi connectivity index (χ2n) is 8.54. The summed E-state index contributed by atoms with van der Waals surface area (Å²) in [6.07, 6.45) is 5.07. The highest BCUT2D eigenvalue weighted by Gasteiger charge is 2.16. The molecule has 3 aromatic carbocycles. The molecule has 0 atom stereocenters. The van der Waals surface area contributed by atoms with Crippen LogP contribution in [-0.2, 0) is 11.2 Å². The molecular formula is C30H26N2O2. The number of pyridine rings is 1. The fraction of sp³-hybridized carbons (Fsp3) is 0.133. The molecule has 1 N–H and O–H groups in total. The number of rotatable bonds is 5. The predicted molar refractivity (Wildman–Crippen MR) is 137 cm³/mol. The van der Waals surface area contributed by atoms with Gasteiger partial charge >= 0.3 is 0 Å². The molecule has 0 saturated carbocycles. The van der Waals surface area contributed by atoms with Crippen LogP contribution >= 0.6 is 0 Å². The van der Waals surface area contributed by atoms with E-state index in [1.165, 1.54) is 5.56 Å². The highest BCUT2D eigenvalue weighted by atomic mass is 16.5. The smallest absolute Gasteiger partial charge is 0.251 e. The van der Waals surface area contributed by atoms with E-state index in [0.29, 0.717) is 18.6 Å². The summed E-state index contributed by atoms with van der Waals surface area (Å²) in [4.78, 5) is 17.4. The average Bonchev–Trinajstić information content (AvgIpc) is 3.08. The Bertz CT molecular complexity index is 1320. The SMILES string of the molecule is Cc1ccc(-c2ccc3c(c2)C=C(C(=O)Nc2ccc(Cc4ccccn4)cc2)CCO3)cc1. The Hall–Kier alpha value is -4.18. The van der Waals surface area contributed by atoms with E-state index in [-0.39, 0.29) is 5.91 Å². The van der Waals surface area contributed by atoms with Gasteiger partial charge in [0.05, 0.1) is 6.61 Å². The first kappa shape index (κ1) is 21.7. The monoisotopic (exact) mass is 446 g/mol. The summed E-state index contributed by atoms with van der Waals surface area (Å²) in [5, 5.41) is 3.04. The van der Waals surface area contributed by atoms with Crippen molar-refractivity contribution in [3.05, 3.63) is 119 Å². The van der Waals surface area contributed by atoms with Crippen molar-refractivity contribution in [1.82, 2.24) is 4.98 Å². The number of carbonyl (C=O) groups excluding carboxylic acids is 1. The van der Waals surface area contributed by atoms with Gasteiger partial charge < -0.3 is 10.1 Å². The molecule has 0 spiro atoms. The van der Waals surface area contributed by atoms with E-state index < -0.39 is 0 Å². The quantitative estimate of drug-likeness (QED) is 0.383. The van der Waals surface area contributed by atoms with Crippen molar-refractivity contribution in [3.63, 3.8) is 0 Å². The maximum Gasteiger partial charge on any atom is 0.251 e. The molecule has 0 radical (unpaired) electrons. The van der Waals surface area contributed by atoms with Crippen LogP contribution in [0.4, 0.5) is 5.69 Å². The zero-order valence-corrected chi connectivity index (χ0v) is 19.1. The van der Waals surface area contributed by atoms with E-state index in [9.17, 15) is 4.79 Å². The molecule has 0 unspecified atom stereocenters. The van der Waals surface area contributed by atoms with Gasteiger partial charge in [0.2, 0.25) is 0 Å². The fourth-order valence-electron chi connectivity index (χ4n) is 4.06. The number of ether oxygens (including phenoxy) is 1. The third kappa shape index (κ3) is 5.07. The first-order chi connectivity index (χ1) is 16.6. The van der Waals surface area contributed by atoms with Crippen LogP contribution in [0.15, 0.2) is 96.7 Å². The van der Waals surface area contributed by atoms with Crippen LogP contribution in [-0.4, -0.2) is 17.5 Å². The number of aryl methyl sites for hydroxylation is 1. The van der Waals surface area contributed by atoms with Crippen molar-refractivity contribution in [3.8, 4) is 16.9 Å². The molecule has 1 aliphatic rings. The number of nitrogens with one attached hydrogen (secondary N) is 1. The van der Waals surface area contributed by atoms with Crippen molar-refractivity contribution in [2.45, 2.75) is 19.8 Å². The van der Waals surface area contributed by atoms with Gasteiger partial charge in [-0.1, -0.05) is 54.1 Å². The van der Waals surface area contributed by atoms with E-state index in [2.05, 4.69) is 53.6 Å². The number of hydrogen-bond acceptors (Lipinski definition) is 3. The van der Waals surface area contributed by atoms with E-state index in [0.717, 1.165) is 45.8 Å². The third-order valence-electron chi connectivity index (χ3n) is 5.97. The maximum absolute atomic E-state index is 13.1. The summed E-state index contributed by atoms with van der Waals surface area (Å²) in [5.41, 5.74) is 8.04. The zero-order valence-electron chi connectivity index (χ0n) is 19.1. The van der Waals surface area contributed by atoms with E-state index in [4.69, 9.17) is 4.74 Å². The lowest BCUT2D eigenvalue weighted by Gasteiger charge is -2.09. The number of aromatic nitrogens is 1. The van der Waals surface area contributed by atoms with Gasteiger partial charge in [0.25, 0.3) is 5.91 Å². The topological polar surface area (TPSA) is 51.2 Å². The van der Waals surface area contributed by atoms with Crippen LogP contribution in [0.5, 0.6) is 5.75 Å². The molecule has 0 saturated heterocycles. The Morgan fingerprint density at radius 1 is 0.941 bits per heavy atom. The number of fused-ring (bicyclic) bond motifs is 1. The molecule has 0 bridgehead atoms. The average molecular weight is 447 g/mol. The highest BCUT2D eigenvalue weighted by molar-refractivity contribution is 6.07. The van der Waals surface area contributed by atoms with Gasteiger partial charge in [0, 0.05) is 41.6 Å². The molecule has 2 heterocycles. The minimum Gasteiger partial charge on any atom is -0.493 e. The second-order valence-corrected chi connectivity index (χ2v) is 8.54. The van der Waals surface area contributed by atoms with Gasteiger partial charge in [-0.25, -0.2) is 0 Å². The van der Waals surface area contributed by atoms with Gasteiger partial charge in [0.15, 0.2) is 0 Å². The molecule has 4 heteroatoms. The van der Waals surface area contributed by atoms with Crippen molar-refractivity contribution in [1.29, 1.82) is 0 Å². The predicted octanol–water partition coefficient (Wildman–Crippen LogP) is 6.45. The van der Waals surface area contributed by atoms with Crippen LogP contribution in [0.3, 0.4) is 0 Å². The second kappa shape index (κ2) is 9.75. The van der Waals surface area contributed by atoms with E-state index in [1.54, 1.807) is 6.20 Å². The van der Waals surface area contributed by atoms with Crippen LogP contribution in [0.1, 0.15) is 28.8 Å². The molecule has 4 aromatic rings. The number of amides is 1. The van der Waals surface area contributed by atoms with E-state index >= 15 is 0 Å². The maximum atomic E-state index is 13.1. The number of nitrogens with zero attached hydrogens (tertiary/aromatic N) is 1. The number of hydrogen-bond donors (Lipinski definition) is 1. The lowest BCUT2D eigenvalue weighted by molar-refractivity contribution is -0.113. The highest BCUT2D eigenvalue weighted by Crippen LogP contribution is 2.31. The van der Waals surface area contributed by atoms with E-state index in [1.807, 2.05) is 54.6 Å². The number of carbonyl (C=O) groups is 1. The molecule has 1 amide bonds. The lowest BCUT2D eigenvalue weighted by atomic mass is 10.00. The lowest BCUT2D eigenvalue weighted by Crippen LogP contribution is -2.15. The molecule has 1 aromatic heterocycles. The Morgan fingerprint density at radius 3 is 2.50 bits per heavy atom. The summed E-state index contributed by atoms with van der Waals surface area (Å²) < 4.78 is 5.92. The Balaban J connectivity index is 1.32. The van der Waals surface area contributed by atoms with Crippen LogP contribution in [0, 0.1) is 6.92 Å². The van der Waals surface area contributed by atoms with Crippen molar-refractivity contribution in [2.75, 3.05) is 11.9 Å². The Labute approximate surface area is 200 Å². The zero-order chi connectivity index (χ0) is 23.3. The molecule has 1 aliphatic heterocycles. The molecule has 0 aliphatic carbocycles. The van der Waals surface area contributed by atoms with Crippen molar-refractivity contribution >= 4 is 17.7 Å². The van der Waals surface area contributed by atoms with Crippen molar-refractivity contribution < 1.29 is 9.53 Å². The number of anilines is 1. The van der Waals surface area contributed by atoms with Gasteiger partial charge in [-0.15, -0.1) is 0 Å². The van der Waals surface area contributed by atoms with Gasteiger partial charge in [0.1, 0.15) is 5.75 Å². The van der Waals surface area contributed by atoms with Gasteiger partial charge in [-0.3, -0.25) is 9.78 Å².